The fourth-order valence-corrected chi connectivity index (χ4v) is 5.13. The number of imidazole rings is 1. The number of hydrogen-bond acceptors (Lipinski definition) is 9. The normalized spacial score (nSPS) is 18.4. The van der Waals surface area contributed by atoms with E-state index in [0.29, 0.717) is 6.61 Å². The number of hydrogen-bond donors (Lipinski definition) is 0. The minimum atomic E-state index is 0.101. The minimum Gasteiger partial charge on any atom is -0.492 e. The van der Waals surface area contributed by atoms with Crippen molar-refractivity contribution in [2.24, 2.45) is 7.05 Å². The summed E-state index contributed by atoms with van der Waals surface area (Å²) in [7, 11) is 4.15. The van der Waals surface area contributed by atoms with Crippen LogP contribution in [0, 0.1) is 0 Å². The Morgan fingerprint density at radius 3 is 2.65 bits per heavy atom. The summed E-state index contributed by atoms with van der Waals surface area (Å²) in [5.41, 5.74) is 0.811. The van der Waals surface area contributed by atoms with Gasteiger partial charge in [0.15, 0.2) is 5.16 Å². The first kappa shape index (κ1) is 23.3. The largest absolute Gasteiger partial charge is 0.492 e. The lowest BCUT2D eigenvalue weighted by atomic mass is 10.1. The van der Waals surface area contributed by atoms with Gasteiger partial charge < -0.3 is 23.7 Å². The number of fused-ring (bicyclic) bond motifs is 1. The molecule has 1 aromatic carbocycles. The van der Waals surface area contributed by atoms with Crippen LogP contribution in [-0.4, -0.2) is 95.0 Å². The molecule has 0 unspecified atom stereocenters. The lowest BCUT2D eigenvalue weighted by molar-refractivity contribution is 0.0260. The second kappa shape index (κ2) is 10.9. The summed E-state index contributed by atoms with van der Waals surface area (Å²) in [5, 5.41) is 2.59. The van der Waals surface area contributed by atoms with Crippen molar-refractivity contribution in [1.29, 1.82) is 0 Å². The molecule has 0 bridgehead atoms. The van der Waals surface area contributed by atoms with Crippen molar-refractivity contribution in [3.63, 3.8) is 0 Å². The maximum atomic E-state index is 6.51. The first-order valence-electron chi connectivity index (χ1n) is 11.9. The third-order valence-corrected chi connectivity index (χ3v) is 7.42. The van der Waals surface area contributed by atoms with E-state index in [4.69, 9.17) is 14.2 Å². The van der Waals surface area contributed by atoms with Crippen LogP contribution in [0.1, 0.15) is 12.8 Å². The Morgan fingerprint density at radius 1 is 1.06 bits per heavy atom. The van der Waals surface area contributed by atoms with E-state index in [1.54, 1.807) is 12.5 Å². The number of piperazine rings is 1. The monoisotopic (exact) mass is 484 g/mol. The number of ether oxygens (including phenoxy) is 3. The number of nitrogens with zero attached hydrogens (tertiary/aromatic N) is 6. The number of benzene rings is 1. The Morgan fingerprint density at radius 2 is 1.88 bits per heavy atom. The summed E-state index contributed by atoms with van der Waals surface area (Å²) in [5.74, 6) is 1.53. The molecule has 2 aromatic heterocycles. The van der Waals surface area contributed by atoms with Gasteiger partial charge in [0, 0.05) is 77.1 Å². The van der Waals surface area contributed by atoms with Crippen LogP contribution < -0.4 is 9.47 Å². The van der Waals surface area contributed by atoms with Gasteiger partial charge in [0.2, 0.25) is 0 Å². The van der Waals surface area contributed by atoms with Gasteiger partial charge in [-0.05, 0) is 18.8 Å². The van der Waals surface area contributed by atoms with Gasteiger partial charge in [0.1, 0.15) is 35.6 Å². The molecule has 3 aromatic rings. The highest BCUT2D eigenvalue weighted by atomic mass is 32.2. The summed E-state index contributed by atoms with van der Waals surface area (Å²) in [6, 6.07) is 3.98. The van der Waals surface area contributed by atoms with Crippen LogP contribution in [0.25, 0.3) is 10.9 Å². The van der Waals surface area contributed by atoms with E-state index >= 15 is 0 Å². The highest BCUT2D eigenvalue weighted by molar-refractivity contribution is 7.99. The Kier molecular flexibility index (Phi) is 7.48. The molecule has 2 fully saturated rings. The van der Waals surface area contributed by atoms with Gasteiger partial charge in [-0.15, -0.1) is 0 Å². The van der Waals surface area contributed by atoms with Crippen LogP contribution in [0.3, 0.4) is 0 Å². The zero-order valence-corrected chi connectivity index (χ0v) is 20.7. The van der Waals surface area contributed by atoms with Crippen molar-refractivity contribution in [2.45, 2.75) is 29.1 Å². The van der Waals surface area contributed by atoms with Crippen molar-refractivity contribution in [3.8, 4) is 11.5 Å². The fourth-order valence-electron chi connectivity index (χ4n) is 4.23. The third-order valence-electron chi connectivity index (χ3n) is 6.34. The second-order valence-corrected chi connectivity index (χ2v) is 9.80. The van der Waals surface area contributed by atoms with Gasteiger partial charge in [-0.2, -0.15) is 0 Å². The number of aromatic nitrogens is 4. The number of rotatable bonds is 8. The van der Waals surface area contributed by atoms with Gasteiger partial charge in [0.25, 0.3) is 0 Å². The minimum absolute atomic E-state index is 0.101. The van der Waals surface area contributed by atoms with E-state index in [9.17, 15) is 0 Å². The molecule has 0 amide bonds. The van der Waals surface area contributed by atoms with E-state index in [1.807, 2.05) is 29.9 Å². The SMILES string of the molecule is CN1CCN(CCOc2cc(OC3CCOCC3)c3c(Sc4nccn4C)ncnc3c2)CC1. The Hall–Kier alpha value is -2.40. The molecule has 2 saturated heterocycles. The molecular formula is C24H32N6O3S. The lowest BCUT2D eigenvalue weighted by Crippen LogP contribution is -2.45. The summed E-state index contributed by atoms with van der Waals surface area (Å²) in [6.45, 7) is 7.34. The van der Waals surface area contributed by atoms with Gasteiger partial charge >= 0.3 is 0 Å². The van der Waals surface area contributed by atoms with Gasteiger partial charge in [0.05, 0.1) is 24.1 Å². The van der Waals surface area contributed by atoms with Crippen LogP contribution >= 0.6 is 11.8 Å². The molecule has 2 aliphatic heterocycles. The van der Waals surface area contributed by atoms with Gasteiger partial charge in [-0.1, -0.05) is 0 Å². The predicted octanol–water partition coefficient (Wildman–Crippen LogP) is 2.70. The van der Waals surface area contributed by atoms with E-state index in [-0.39, 0.29) is 6.10 Å². The predicted molar refractivity (Wildman–Crippen MR) is 131 cm³/mol. The highest BCUT2D eigenvalue weighted by Crippen LogP contribution is 2.39. The van der Waals surface area contributed by atoms with Crippen LogP contribution in [0.2, 0.25) is 0 Å². The molecule has 0 saturated carbocycles. The van der Waals surface area contributed by atoms with Crippen LogP contribution in [0.15, 0.2) is 41.0 Å². The lowest BCUT2D eigenvalue weighted by Gasteiger charge is -2.32. The Labute approximate surface area is 204 Å². The zero-order valence-electron chi connectivity index (χ0n) is 19.9. The molecule has 0 aliphatic carbocycles. The number of likely N-dealkylation sites (N-methyl/N-ethyl adjacent to an activating group) is 1. The Balaban J connectivity index is 1.39. The van der Waals surface area contributed by atoms with E-state index in [1.165, 1.54) is 11.8 Å². The third kappa shape index (κ3) is 5.63. The molecular weight excluding hydrogens is 452 g/mol. The molecule has 10 heteroatoms. The molecule has 34 heavy (non-hydrogen) atoms. The maximum absolute atomic E-state index is 6.51. The van der Waals surface area contributed by atoms with Crippen LogP contribution in [0.5, 0.6) is 11.5 Å². The molecule has 0 atom stereocenters. The second-order valence-electron chi connectivity index (χ2n) is 8.84. The van der Waals surface area contributed by atoms with Crippen molar-refractivity contribution in [2.75, 3.05) is 59.6 Å². The molecule has 0 radical (unpaired) electrons. The molecule has 0 N–H and O–H groups in total. The first-order valence-corrected chi connectivity index (χ1v) is 12.7. The topological polar surface area (TPSA) is 77.8 Å². The van der Waals surface area contributed by atoms with Crippen molar-refractivity contribution >= 4 is 22.7 Å². The maximum Gasteiger partial charge on any atom is 0.174 e. The van der Waals surface area contributed by atoms with E-state index in [0.717, 1.165) is 91.4 Å². The van der Waals surface area contributed by atoms with Crippen LogP contribution in [0.4, 0.5) is 0 Å². The van der Waals surface area contributed by atoms with Crippen LogP contribution in [-0.2, 0) is 11.8 Å². The Bertz CT molecular complexity index is 1100. The smallest absolute Gasteiger partial charge is 0.174 e. The fraction of sp³-hybridized carbons (Fsp3) is 0.542. The standard InChI is InChI=1S/C24H32N6O3S/c1-28-7-9-30(10-8-28)11-14-32-19-15-20-22(21(16-19)33-18-3-12-31-13-4-18)23(27-17-26-20)34-24-25-5-6-29(24)2/h5-6,15-18H,3-4,7-14H2,1-2H3. The summed E-state index contributed by atoms with van der Waals surface area (Å²) >= 11 is 1.51. The molecule has 9 nitrogen and oxygen atoms in total. The average molecular weight is 485 g/mol. The summed E-state index contributed by atoms with van der Waals surface area (Å²) in [4.78, 5) is 18.4. The first-order chi connectivity index (χ1) is 16.7. The zero-order chi connectivity index (χ0) is 23.3. The van der Waals surface area contributed by atoms with Gasteiger partial charge in [-0.25, -0.2) is 15.0 Å². The highest BCUT2D eigenvalue weighted by Gasteiger charge is 2.21. The molecule has 182 valence electrons. The van der Waals surface area contributed by atoms with Crippen molar-refractivity contribution in [1.82, 2.24) is 29.3 Å². The van der Waals surface area contributed by atoms with Gasteiger partial charge in [-0.3, -0.25) is 4.90 Å². The molecule has 0 spiro atoms. The quantitative estimate of drug-likeness (QED) is 0.449. The van der Waals surface area contributed by atoms with Crippen molar-refractivity contribution in [3.05, 3.63) is 30.9 Å². The molecule has 2 aliphatic rings. The van der Waals surface area contributed by atoms with Crippen molar-refractivity contribution < 1.29 is 14.2 Å². The molecule has 5 rings (SSSR count). The average Bonchev–Trinajstić information content (AvgIpc) is 3.25. The summed E-state index contributed by atoms with van der Waals surface area (Å²) in [6.07, 6.45) is 7.15. The summed E-state index contributed by atoms with van der Waals surface area (Å²) < 4.78 is 20.2. The molecule has 4 heterocycles. The van der Waals surface area contributed by atoms with E-state index in [2.05, 4.69) is 31.8 Å². The number of aryl methyl sites for hydroxylation is 1. The van der Waals surface area contributed by atoms with E-state index < -0.39 is 0 Å².